The summed E-state index contributed by atoms with van der Waals surface area (Å²) in [6.07, 6.45) is 0.832. The Labute approximate surface area is 94.2 Å². The maximum atomic E-state index is 10.5. The van der Waals surface area contributed by atoms with E-state index in [-0.39, 0.29) is 6.61 Å². The van der Waals surface area contributed by atoms with E-state index in [2.05, 4.69) is 0 Å². The van der Waals surface area contributed by atoms with Gasteiger partial charge in [0.05, 0.1) is 6.61 Å². The first-order valence-corrected chi connectivity index (χ1v) is 5.09. The van der Waals surface area contributed by atoms with Crippen LogP contribution in [0.5, 0.6) is 0 Å². The molecule has 2 nitrogen and oxygen atoms in total. The van der Waals surface area contributed by atoms with Crippen LogP contribution in [0, 0.1) is 0 Å². The van der Waals surface area contributed by atoms with Crippen molar-refractivity contribution in [1.82, 2.24) is 0 Å². The lowest BCUT2D eigenvalue weighted by atomic mass is 10.0. The van der Waals surface area contributed by atoms with Gasteiger partial charge < -0.3 is 5.11 Å². The van der Waals surface area contributed by atoms with Crippen molar-refractivity contribution < 1.29 is 9.90 Å². The summed E-state index contributed by atoms with van der Waals surface area (Å²) in [6.45, 7) is 0.0599. The van der Waals surface area contributed by atoms with Gasteiger partial charge in [-0.3, -0.25) is 4.79 Å². The Bertz CT molecular complexity index is 469. The molecule has 0 aliphatic heterocycles. The molecule has 0 saturated heterocycles. The molecule has 2 rings (SSSR count). The minimum absolute atomic E-state index is 0.0599. The summed E-state index contributed by atoms with van der Waals surface area (Å²) in [5.74, 6) is 0. The molecule has 0 aliphatic carbocycles. The lowest BCUT2D eigenvalue weighted by Crippen LogP contribution is -1.84. The molecule has 0 heterocycles. The van der Waals surface area contributed by atoms with Gasteiger partial charge in [-0.2, -0.15) is 0 Å². The molecule has 2 aromatic rings. The molecular formula is C14H12O2. The third kappa shape index (κ3) is 2.18. The van der Waals surface area contributed by atoms with Crippen LogP contribution in [-0.4, -0.2) is 11.4 Å². The third-order valence-electron chi connectivity index (χ3n) is 2.52. The monoisotopic (exact) mass is 212 g/mol. The molecule has 1 N–H and O–H groups in total. The van der Waals surface area contributed by atoms with Gasteiger partial charge in [0.15, 0.2) is 0 Å². The van der Waals surface area contributed by atoms with Gasteiger partial charge in [-0.25, -0.2) is 0 Å². The first-order chi connectivity index (χ1) is 7.83. The second kappa shape index (κ2) is 4.73. The molecule has 0 fully saturated rings. The lowest BCUT2D eigenvalue weighted by Gasteiger charge is -2.03. The average molecular weight is 212 g/mol. The van der Waals surface area contributed by atoms with Crippen LogP contribution < -0.4 is 0 Å². The summed E-state index contributed by atoms with van der Waals surface area (Å²) in [6, 6.07) is 15.1. The molecule has 0 saturated carbocycles. The van der Waals surface area contributed by atoms with Crippen LogP contribution in [0.15, 0.2) is 48.5 Å². The van der Waals surface area contributed by atoms with Gasteiger partial charge in [0.25, 0.3) is 0 Å². The van der Waals surface area contributed by atoms with Crippen LogP contribution in [0.1, 0.15) is 15.9 Å². The average Bonchev–Trinajstić information content (AvgIpc) is 2.39. The van der Waals surface area contributed by atoms with E-state index in [1.165, 1.54) is 0 Å². The van der Waals surface area contributed by atoms with Crippen LogP contribution in [0.2, 0.25) is 0 Å². The SMILES string of the molecule is O=Cc1ccc(-c2ccc(CO)cc2)cc1. The van der Waals surface area contributed by atoms with E-state index in [9.17, 15) is 4.79 Å². The van der Waals surface area contributed by atoms with Crippen LogP contribution >= 0.6 is 0 Å². The van der Waals surface area contributed by atoms with Gasteiger partial charge in [-0.1, -0.05) is 48.5 Å². The molecule has 0 atom stereocenters. The highest BCUT2D eigenvalue weighted by Crippen LogP contribution is 2.20. The van der Waals surface area contributed by atoms with Crippen molar-refractivity contribution >= 4 is 6.29 Å². The number of carbonyl (C=O) groups is 1. The maximum Gasteiger partial charge on any atom is 0.150 e. The van der Waals surface area contributed by atoms with E-state index in [0.717, 1.165) is 23.0 Å². The van der Waals surface area contributed by atoms with Crippen molar-refractivity contribution in [2.75, 3.05) is 0 Å². The zero-order valence-electron chi connectivity index (χ0n) is 8.76. The Morgan fingerprint density at radius 2 is 1.38 bits per heavy atom. The minimum atomic E-state index is 0.0599. The van der Waals surface area contributed by atoms with Crippen molar-refractivity contribution in [3.8, 4) is 11.1 Å². The number of aliphatic hydroxyl groups is 1. The van der Waals surface area contributed by atoms with Crippen molar-refractivity contribution in [2.45, 2.75) is 6.61 Å². The van der Waals surface area contributed by atoms with Crippen LogP contribution in [-0.2, 0) is 6.61 Å². The highest BCUT2D eigenvalue weighted by Gasteiger charge is 1.98. The van der Waals surface area contributed by atoms with Crippen LogP contribution in [0.3, 0.4) is 0 Å². The Morgan fingerprint density at radius 1 is 0.875 bits per heavy atom. The molecule has 0 spiro atoms. The van der Waals surface area contributed by atoms with E-state index in [4.69, 9.17) is 5.11 Å². The molecule has 0 amide bonds. The largest absolute Gasteiger partial charge is 0.392 e. The molecule has 0 unspecified atom stereocenters. The smallest absolute Gasteiger partial charge is 0.150 e. The molecular weight excluding hydrogens is 200 g/mol. The fourth-order valence-corrected chi connectivity index (χ4v) is 1.56. The molecule has 16 heavy (non-hydrogen) atoms. The van der Waals surface area contributed by atoms with Crippen molar-refractivity contribution in [2.24, 2.45) is 0 Å². The van der Waals surface area contributed by atoms with Crippen molar-refractivity contribution in [3.05, 3.63) is 59.7 Å². The fraction of sp³-hybridized carbons (Fsp3) is 0.0714. The minimum Gasteiger partial charge on any atom is -0.392 e. The van der Waals surface area contributed by atoms with Crippen LogP contribution in [0.25, 0.3) is 11.1 Å². The van der Waals surface area contributed by atoms with Crippen molar-refractivity contribution in [3.63, 3.8) is 0 Å². The molecule has 2 heteroatoms. The second-order valence-corrected chi connectivity index (χ2v) is 3.59. The van der Waals surface area contributed by atoms with E-state index in [1.807, 2.05) is 36.4 Å². The number of aliphatic hydroxyl groups excluding tert-OH is 1. The molecule has 0 aliphatic rings. The van der Waals surface area contributed by atoms with Gasteiger partial charge in [-0.15, -0.1) is 0 Å². The summed E-state index contributed by atoms with van der Waals surface area (Å²) >= 11 is 0. The summed E-state index contributed by atoms with van der Waals surface area (Å²) < 4.78 is 0. The molecule has 80 valence electrons. The van der Waals surface area contributed by atoms with Gasteiger partial charge >= 0.3 is 0 Å². The number of hydrogen-bond acceptors (Lipinski definition) is 2. The predicted molar refractivity (Wildman–Crippen MR) is 63.2 cm³/mol. The highest BCUT2D eigenvalue weighted by atomic mass is 16.3. The first kappa shape index (κ1) is 10.6. The number of hydrogen-bond donors (Lipinski definition) is 1. The Kier molecular flexibility index (Phi) is 3.13. The molecule has 2 aromatic carbocycles. The summed E-state index contributed by atoms with van der Waals surface area (Å²) in [7, 11) is 0. The van der Waals surface area contributed by atoms with E-state index in [1.54, 1.807) is 12.1 Å². The quantitative estimate of drug-likeness (QED) is 0.794. The van der Waals surface area contributed by atoms with Gasteiger partial charge in [0, 0.05) is 5.56 Å². The van der Waals surface area contributed by atoms with Crippen LogP contribution in [0.4, 0.5) is 0 Å². The normalized spacial score (nSPS) is 10.1. The molecule has 0 aromatic heterocycles. The number of rotatable bonds is 3. The maximum absolute atomic E-state index is 10.5. The number of carbonyl (C=O) groups excluding carboxylic acids is 1. The summed E-state index contributed by atoms with van der Waals surface area (Å²) in [5.41, 5.74) is 3.72. The lowest BCUT2D eigenvalue weighted by molar-refractivity contribution is 0.112. The first-order valence-electron chi connectivity index (χ1n) is 5.09. The summed E-state index contributed by atoms with van der Waals surface area (Å²) in [4.78, 5) is 10.5. The summed E-state index contributed by atoms with van der Waals surface area (Å²) in [5, 5.41) is 8.93. The van der Waals surface area contributed by atoms with E-state index in [0.29, 0.717) is 5.56 Å². The van der Waals surface area contributed by atoms with E-state index < -0.39 is 0 Å². The Balaban J connectivity index is 2.31. The highest BCUT2D eigenvalue weighted by molar-refractivity contribution is 5.76. The standard InChI is InChI=1S/C14H12O2/c15-9-11-1-5-13(6-2-11)14-7-3-12(10-16)4-8-14/h1-9,16H,10H2. The second-order valence-electron chi connectivity index (χ2n) is 3.59. The fourth-order valence-electron chi connectivity index (χ4n) is 1.56. The Morgan fingerprint density at radius 3 is 1.81 bits per heavy atom. The van der Waals surface area contributed by atoms with Gasteiger partial charge in [-0.05, 0) is 16.7 Å². The molecule has 0 bridgehead atoms. The van der Waals surface area contributed by atoms with E-state index >= 15 is 0 Å². The van der Waals surface area contributed by atoms with Gasteiger partial charge in [0.2, 0.25) is 0 Å². The molecule has 0 radical (unpaired) electrons. The predicted octanol–water partition coefficient (Wildman–Crippen LogP) is 2.66. The Hall–Kier alpha value is -1.93. The third-order valence-corrected chi connectivity index (χ3v) is 2.52. The van der Waals surface area contributed by atoms with Crippen molar-refractivity contribution in [1.29, 1.82) is 0 Å². The van der Waals surface area contributed by atoms with Gasteiger partial charge in [0.1, 0.15) is 6.29 Å². The topological polar surface area (TPSA) is 37.3 Å². The number of benzene rings is 2. The number of aldehydes is 1. The zero-order chi connectivity index (χ0) is 11.4. The zero-order valence-corrected chi connectivity index (χ0v) is 8.76.